The molecule has 1 fully saturated rings. The van der Waals surface area contributed by atoms with Crippen LogP contribution < -0.4 is 0 Å². The van der Waals surface area contributed by atoms with Crippen LogP contribution in [-0.4, -0.2) is 40.6 Å². The first-order valence-corrected chi connectivity index (χ1v) is 8.96. The van der Waals surface area contributed by atoms with Crippen molar-refractivity contribution in [1.29, 1.82) is 0 Å². The second-order valence-corrected chi connectivity index (χ2v) is 7.67. The molecule has 1 saturated heterocycles. The van der Waals surface area contributed by atoms with E-state index in [0.29, 0.717) is 25.2 Å². The first-order chi connectivity index (χ1) is 11.5. The molecule has 1 unspecified atom stereocenters. The van der Waals surface area contributed by atoms with Gasteiger partial charge in [0.1, 0.15) is 11.5 Å². The summed E-state index contributed by atoms with van der Waals surface area (Å²) in [6, 6.07) is 6.42. The standard InChI is InChI=1S/C18H21FN2O2S/c1-18(12-22)6-3-7-21(11-18)17(23)15-10-24-16(20-15)9-13-4-2-5-14(19)8-13/h2,4-5,8,10,22H,3,6-7,9,11-12H2,1H3. The summed E-state index contributed by atoms with van der Waals surface area (Å²) in [6.07, 6.45) is 2.34. The van der Waals surface area contributed by atoms with Crippen LogP contribution in [0.25, 0.3) is 0 Å². The van der Waals surface area contributed by atoms with E-state index in [1.165, 1.54) is 23.5 Å². The van der Waals surface area contributed by atoms with Crippen molar-refractivity contribution in [2.75, 3.05) is 19.7 Å². The molecule has 0 bridgehead atoms. The maximum atomic E-state index is 13.3. The molecule has 1 aromatic carbocycles. The fraction of sp³-hybridized carbons (Fsp3) is 0.444. The zero-order chi connectivity index (χ0) is 17.2. The smallest absolute Gasteiger partial charge is 0.273 e. The Morgan fingerprint density at radius 2 is 2.33 bits per heavy atom. The maximum absolute atomic E-state index is 13.3. The van der Waals surface area contributed by atoms with Gasteiger partial charge >= 0.3 is 0 Å². The number of hydrogen-bond acceptors (Lipinski definition) is 4. The lowest BCUT2D eigenvalue weighted by molar-refractivity contribution is 0.0354. The molecule has 2 aromatic rings. The largest absolute Gasteiger partial charge is 0.396 e. The molecule has 4 nitrogen and oxygen atoms in total. The second kappa shape index (κ2) is 6.99. The first kappa shape index (κ1) is 17.0. The number of thiazole rings is 1. The van der Waals surface area contributed by atoms with Crippen molar-refractivity contribution in [2.45, 2.75) is 26.2 Å². The molecular weight excluding hydrogens is 327 g/mol. The van der Waals surface area contributed by atoms with E-state index >= 15 is 0 Å². The third kappa shape index (κ3) is 3.82. The molecule has 0 aliphatic carbocycles. The SMILES string of the molecule is CC1(CO)CCCN(C(=O)c2csc(Cc3cccc(F)c3)n2)C1. The van der Waals surface area contributed by atoms with Gasteiger partial charge in [-0.3, -0.25) is 4.79 Å². The number of nitrogens with zero attached hydrogens (tertiary/aromatic N) is 2. The molecule has 1 aromatic heterocycles. The minimum absolute atomic E-state index is 0.0820. The summed E-state index contributed by atoms with van der Waals surface area (Å²) in [4.78, 5) is 18.9. The van der Waals surface area contributed by atoms with Crippen molar-refractivity contribution in [3.63, 3.8) is 0 Å². The molecule has 1 aliphatic rings. The van der Waals surface area contributed by atoms with Crippen LogP contribution in [0.15, 0.2) is 29.6 Å². The Hall–Kier alpha value is -1.79. The van der Waals surface area contributed by atoms with Crippen LogP contribution in [0.3, 0.4) is 0 Å². The van der Waals surface area contributed by atoms with Gasteiger partial charge in [0.05, 0.1) is 11.6 Å². The van der Waals surface area contributed by atoms with Crippen LogP contribution in [-0.2, 0) is 6.42 Å². The van der Waals surface area contributed by atoms with E-state index in [1.807, 2.05) is 13.0 Å². The average molecular weight is 348 g/mol. The van der Waals surface area contributed by atoms with Gasteiger partial charge in [0.15, 0.2) is 0 Å². The topological polar surface area (TPSA) is 53.4 Å². The van der Waals surface area contributed by atoms with Crippen molar-refractivity contribution in [3.05, 3.63) is 51.7 Å². The maximum Gasteiger partial charge on any atom is 0.273 e. The van der Waals surface area contributed by atoms with Crippen LogP contribution in [0.4, 0.5) is 4.39 Å². The van der Waals surface area contributed by atoms with Crippen molar-refractivity contribution in [2.24, 2.45) is 5.41 Å². The number of carbonyl (C=O) groups excluding carboxylic acids is 1. The third-order valence-corrected chi connectivity index (χ3v) is 5.31. The Kier molecular flexibility index (Phi) is 4.96. The predicted molar refractivity (Wildman–Crippen MR) is 91.7 cm³/mol. The van der Waals surface area contributed by atoms with Crippen molar-refractivity contribution < 1.29 is 14.3 Å². The number of carbonyl (C=O) groups is 1. The van der Waals surface area contributed by atoms with Gasteiger partial charge in [-0.05, 0) is 30.5 Å². The number of hydrogen-bond donors (Lipinski definition) is 1. The Morgan fingerprint density at radius 3 is 3.08 bits per heavy atom. The van der Waals surface area contributed by atoms with Gasteiger partial charge in [-0.15, -0.1) is 11.3 Å². The summed E-state index contributed by atoms with van der Waals surface area (Å²) >= 11 is 1.42. The van der Waals surface area contributed by atoms with E-state index in [0.717, 1.165) is 23.4 Å². The minimum atomic E-state index is -0.267. The van der Waals surface area contributed by atoms with Gasteiger partial charge in [-0.2, -0.15) is 0 Å². The molecular formula is C18H21FN2O2S. The highest BCUT2D eigenvalue weighted by molar-refractivity contribution is 7.09. The Bertz CT molecular complexity index is 733. The summed E-state index contributed by atoms with van der Waals surface area (Å²) in [5.74, 6) is -0.354. The van der Waals surface area contributed by atoms with Crippen LogP contribution in [0.1, 0.15) is 40.8 Å². The lowest BCUT2D eigenvalue weighted by atomic mass is 9.83. The number of likely N-dealkylation sites (tertiary alicyclic amines) is 1. The van der Waals surface area contributed by atoms with Gasteiger partial charge in [-0.25, -0.2) is 9.37 Å². The summed E-state index contributed by atoms with van der Waals surface area (Å²) in [5, 5.41) is 12.1. The second-order valence-electron chi connectivity index (χ2n) is 6.73. The molecule has 0 saturated carbocycles. The molecule has 3 rings (SSSR count). The Balaban J connectivity index is 1.69. The van der Waals surface area contributed by atoms with E-state index in [-0.39, 0.29) is 23.7 Å². The zero-order valence-corrected chi connectivity index (χ0v) is 14.5. The van der Waals surface area contributed by atoms with Crippen LogP contribution >= 0.6 is 11.3 Å². The molecule has 1 N–H and O–H groups in total. The number of benzene rings is 1. The van der Waals surface area contributed by atoms with Gasteiger partial charge in [0.2, 0.25) is 0 Å². The monoisotopic (exact) mass is 348 g/mol. The Labute approximate surface area is 145 Å². The molecule has 1 atom stereocenters. The highest BCUT2D eigenvalue weighted by atomic mass is 32.1. The number of aliphatic hydroxyl groups is 1. The summed E-state index contributed by atoms with van der Waals surface area (Å²) in [5.41, 5.74) is 1.05. The summed E-state index contributed by atoms with van der Waals surface area (Å²) in [7, 11) is 0. The lowest BCUT2D eigenvalue weighted by Crippen LogP contribution is -2.46. The van der Waals surface area contributed by atoms with Gasteiger partial charge < -0.3 is 10.0 Å². The third-order valence-electron chi connectivity index (χ3n) is 4.47. The number of amides is 1. The molecule has 128 valence electrons. The van der Waals surface area contributed by atoms with Gasteiger partial charge in [0, 0.05) is 30.3 Å². The summed E-state index contributed by atoms with van der Waals surface area (Å²) in [6.45, 7) is 3.34. The van der Waals surface area contributed by atoms with E-state index in [4.69, 9.17) is 0 Å². The van der Waals surface area contributed by atoms with Crippen LogP contribution in [0, 0.1) is 11.2 Å². The van der Waals surface area contributed by atoms with Crippen molar-refractivity contribution >= 4 is 17.2 Å². The molecule has 1 amide bonds. The van der Waals surface area contributed by atoms with Crippen molar-refractivity contribution in [1.82, 2.24) is 9.88 Å². The first-order valence-electron chi connectivity index (χ1n) is 8.08. The molecule has 0 radical (unpaired) electrons. The van der Waals surface area contributed by atoms with E-state index in [9.17, 15) is 14.3 Å². The number of aromatic nitrogens is 1. The van der Waals surface area contributed by atoms with Crippen LogP contribution in [0.5, 0.6) is 0 Å². The fourth-order valence-electron chi connectivity index (χ4n) is 3.09. The highest BCUT2D eigenvalue weighted by Gasteiger charge is 2.33. The average Bonchev–Trinajstić information content (AvgIpc) is 3.03. The zero-order valence-electron chi connectivity index (χ0n) is 13.7. The van der Waals surface area contributed by atoms with Gasteiger partial charge in [-0.1, -0.05) is 19.1 Å². The molecule has 0 spiro atoms. The number of rotatable bonds is 4. The number of aliphatic hydroxyl groups excluding tert-OH is 1. The highest BCUT2D eigenvalue weighted by Crippen LogP contribution is 2.29. The van der Waals surface area contributed by atoms with E-state index in [1.54, 1.807) is 16.3 Å². The number of halogens is 1. The normalized spacial score (nSPS) is 21.0. The van der Waals surface area contributed by atoms with E-state index < -0.39 is 0 Å². The molecule has 6 heteroatoms. The minimum Gasteiger partial charge on any atom is -0.396 e. The fourth-order valence-corrected chi connectivity index (χ4v) is 3.89. The molecule has 24 heavy (non-hydrogen) atoms. The van der Waals surface area contributed by atoms with Gasteiger partial charge in [0.25, 0.3) is 5.91 Å². The molecule has 1 aliphatic heterocycles. The predicted octanol–water partition coefficient (Wildman–Crippen LogP) is 3.11. The van der Waals surface area contributed by atoms with Crippen molar-refractivity contribution in [3.8, 4) is 0 Å². The lowest BCUT2D eigenvalue weighted by Gasteiger charge is -2.39. The molecule has 2 heterocycles. The quantitative estimate of drug-likeness (QED) is 0.924. The number of piperidine rings is 1. The Morgan fingerprint density at radius 1 is 1.50 bits per heavy atom. The summed E-state index contributed by atoms with van der Waals surface area (Å²) < 4.78 is 13.3. The van der Waals surface area contributed by atoms with E-state index in [2.05, 4.69) is 4.98 Å². The van der Waals surface area contributed by atoms with Crippen LogP contribution in [0.2, 0.25) is 0 Å².